The van der Waals surface area contributed by atoms with Crippen molar-refractivity contribution in [2.75, 3.05) is 25.6 Å². The third-order valence-electron chi connectivity index (χ3n) is 4.21. The molecule has 8 nitrogen and oxygen atoms in total. The summed E-state index contributed by atoms with van der Waals surface area (Å²) in [5.41, 5.74) is 0.621. The van der Waals surface area contributed by atoms with Crippen LogP contribution in [0.1, 0.15) is 17.9 Å². The van der Waals surface area contributed by atoms with Crippen molar-refractivity contribution in [2.45, 2.75) is 31.8 Å². The van der Waals surface area contributed by atoms with E-state index in [-0.39, 0.29) is 24.4 Å². The van der Waals surface area contributed by atoms with Crippen molar-refractivity contribution in [3.8, 4) is 5.75 Å². The zero-order valence-corrected chi connectivity index (χ0v) is 14.9. The van der Waals surface area contributed by atoms with E-state index in [1.54, 1.807) is 37.7 Å². The zero-order chi connectivity index (χ0) is 18.4. The fraction of sp³-hybridized carbons (Fsp3) is 0.444. The number of aromatic nitrogens is 3. The standard InChI is InChI=1S/C18H23N5O3/c1-12-19-8-5-17(21-12)22-15-11-26-9-6-13(15)23-18(24)10-14-16(25-2)4-3-7-20-14/h3-5,7-8,13,15H,6,9-11H2,1-2H3,(H,23,24)(H,19,21,22)/t13-,15+/m0/s1. The average molecular weight is 357 g/mol. The van der Waals surface area contributed by atoms with Gasteiger partial charge in [0.05, 0.1) is 37.9 Å². The van der Waals surface area contributed by atoms with Crippen molar-refractivity contribution in [2.24, 2.45) is 0 Å². The summed E-state index contributed by atoms with van der Waals surface area (Å²) in [7, 11) is 1.57. The van der Waals surface area contributed by atoms with Crippen molar-refractivity contribution >= 4 is 11.7 Å². The van der Waals surface area contributed by atoms with Gasteiger partial charge in [-0.05, 0) is 31.5 Å². The number of amides is 1. The molecule has 1 amide bonds. The lowest BCUT2D eigenvalue weighted by Gasteiger charge is -2.33. The topological polar surface area (TPSA) is 98.3 Å². The Bertz CT molecular complexity index is 755. The third-order valence-corrected chi connectivity index (χ3v) is 4.21. The van der Waals surface area contributed by atoms with Gasteiger partial charge in [0, 0.05) is 19.0 Å². The number of ether oxygens (including phenoxy) is 2. The van der Waals surface area contributed by atoms with E-state index in [1.807, 2.05) is 6.92 Å². The van der Waals surface area contributed by atoms with Crippen LogP contribution in [0.15, 0.2) is 30.6 Å². The highest BCUT2D eigenvalue weighted by Crippen LogP contribution is 2.17. The normalized spacial score (nSPS) is 19.6. The molecule has 2 atom stereocenters. The quantitative estimate of drug-likeness (QED) is 0.799. The van der Waals surface area contributed by atoms with Crippen molar-refractivity contribution in [1.29, 1.82) is 0 Å². The maximum Gasteiger partial charge on any atom is 0.226 e. The smallest absolute Gasteiger partial charge is 0.226 e. The van der Waals surface area contributed by atoms with Crippen molar-refractivity contribution in [3.05, 3.63) is 42.1 Å². The van der Waals surface area contributed by atoms with Crippen LogP contribution in [0.5, 0.6) is 5.75 Å². The number of hydrogen-bond acceptors (Lipinski definition) is 7. The van der Waals surface area contributed by atoms with Gasteiger partial charge in [-0.3, -0.25) is 9.78 Å². The van der Waals surface area contributed by atoms with E-state index >= 15 is 0 Å². The second-order valence-electron chi connectivity index (χ2n) is 6.11. The van der Waals surface area contributed by atoms with Gasteiger partial charge in [0.1, 0.15) is 17.4 Å². The molecule has 1 fully saturated rings. The lowest BCUT2D eigenvalue weighted by Crippen LogP contribution is -2.52. The van der Waals surface area contributed by atoms with Crippen molar-refractivity contribution < 1.29 is 14.3 Å². The summed E-state index contributed by atoms with van der Waals surface area (Å²) in [5.74, 6) is 1.92. The SMILES string of the molecule is COc1cccnc1CC(=O)N[C@H]1CCOC[C@H]1Nc1ccnc(C)n1. The van der Waals surface area contributed by atoms with Crippen molar-refractivity contribution in [1.82, 2.24) is 20.3 Å². The summed E-state index contributed by atoms with van der Waals surface area (Å²) in [6, 6.07) is 5.27. The van der Waals surface area contributed by atoms with Gasteiger partial charge in [0.2, 0.25) is 5.91 Å². The van der Waals surface area contributed by atoms with Gasteiger partial charge in [-0.1, -0.05) is 0 Å². The first-order valence-electron chi connectivity index (χ1n) is 8.57. The lowest BCUT2D eigenvalue weighted by molar-refractivity contribution is -0.121. The second-order valence-corrected chi connectivity index (χ2v) is 6.11. The summed E-state index contributed by atoms with van der Waals surface area (Å²) >= 11 is 0. The molecule has 3 rings (SSSR count). The number of nitrogens with zero attached hydrogens (tertiary/aromatic N) is 3. The molecular formula is C18H23N5O3. The minimum Gasteiger partial charge on any atom is -0.495 e. The first kappa shape index (κ1) is 18.1. The molecule has 0 aromatic carbocycles. The van der Waals surface area contributed by atoms with E-state index in [0.29, 0.717) is 30.5 Å². The number of anilines is 1. The third kappa shape index (κ3) is 4.66. The number of carbonyl (C=O) groups excluding carboxylic acids is 1. The molecular weight excluding hydrogens is 334 g/mol. The number of carbonyl (C=O) groups is 1. The van der Waals surface area contributed by atoms with Gasteiger partial charge in [0.15, 0.2) is 0 Å². The summed E-state index contributed by atoms with van der Waals surface area (Å²) in [4.78, 5) is 25.2. The van der Waals surface area contributed by atoms with Gasteiger partial charge in [0.25, 0.3) is 0 Å². The molecule has 3 heterocycles. The van der Waals surface area contributed by atoms with Gasteiger partial charge in [-0.15, -0.1) is 0 Å². The fourth-order valence-corrected chi connectivity index (χ4v) is 2.93. The average Bonchev–Trinajstić information content (AvgIpc) is 2.64. The maximum absolute atomic E-state index is 12.5. The highest BCUT2D eigenvalue weighted by molar-refractivity contribution is 5.79. The molecule has 2 aromatic rings. The molecule has 0 unspecified atom stereocenters. The largest absolute Gasteiger partial charge is 0.495 e. The summed E-state index contributed by atoms with van der Waals surface area (Å²) in [5, 5.41) is 6.42. The molecule has 2 aromatic heterocycles. The molecule has 0 radical (unpaired) electrons. The Kier molecular flexibility index (Phi) is 5.96. The molecule has 1 aliphatic heterocycles. The molecule has 1 aliphatic rings. The zero-order valence-electron chi connectivity index (χ0n) is 14.9. The Balaban J connectivity index is 1.63. The number of hydrogen-bond donors (Lipinski definition) is 2. The molecule has 0 bridgehead atoms. The second kappa shape index (κ2) is 8.57. The molecule has 8 heteroatoms. The summed E-state index contributed by atoms with van der Waals surface area (Å²) in [6.45, 7) is 2.95. The Labute approximate surface area is 152 Å². The fourth-order valence-electron chi connectivity index (χ4n) is 2.93. The Morgan fingerprint density at radius 1 is 1.31 bits per heavy atom. The molecule has 138 valence electrons. The van der Waals surface area contributed by atoms with Crippen LogP contribution < -0.4 is 15.4 Å². The maximum atomic E-state index is 12.5. The summed E-state index contributed by atoms with van der Waals surface area (Å²) < 4.78 is 10.8. The molecule has 26 heavy (non-hydrogen) atoms. The monoisotopic (exact) mass is 357 g/mol. The van der Waals surface area contributed by atoms with Gasteiger partial charge in [-0.25, -0.2) is 9.97 Å². The molecule has 0 saturated carbocycles. The van der Waals surface area contributed by atoms with Crippen LogP contribution >= 0.6 is 0 Å². The minimum atomic E-state index is -0.0976. The van der Waals surface area contributed by atoms with Crippen LogP contribution in [0.25, 0.3) is 0 Å². The van der Waals surface area contributed by atoms with E-state index in [2.05, 4.69) is 25.6 Å². The number of aryl methyl sites for hydroxylation is 1. The van der Waals surface area contributed by atoms with Crippen LogP contribution in [0.2, 0.25) is 0 Å². The first-order valence-corrected chi connectivity index (χ1v) is 8.57. The Hall–Kier alpha value is -2.74. The molecule has 1 saturated heterocycles. The van der Waals surface area contributed by atoms with Gasteiger partial charge in [-0.2, -0.15) is 0 Å². The predicted molar refractivity (Wildman–Crippen MR) is 96.0 cm³/mol. The minimum absolute atomic E-state index is 0.0544. The van der Waals surface area contributed by atoms with Crippen LogP contribution in [0.3, 0.4) is 0 Å². The highest BCUT2D eigenvalue weighted by Gasteiger charge is 2.27. The Morgan fingerprint density at radius 3 is 3.00 bits per heavy atom. The van der Waals surface area contributed by atoms with Crippen LogP contribution in [-0.4, -0.2) is 53.3 Å². The highest BCUT2D eigenvalue weighted by atomic mass is 16.5. The summed E-state index contributed by atoms with van der Waals surface area (Å²) in [6.07, 6.45) is 4.25. The predicted octanol–water partition coefficient (Wildman–Crippen LogP) is 1.12. The van der Waals surface area contributed by atoms with Crippen LogP contribution in [0, 0.1) is 6.92 Å². The first-order chi connectivity index (χ1) is 12.7. The number of methoxy groups -OCH3 is 1. The van der Waals surface area contributed by atoms with E-state index in [9.17, 15) is 4.79 Å². The van der Waals surface area contributed by atoms with Gasteiger partial charge >= 0.3 is 0 Å². The lowest BCUT2D eigenvalue weighted by atomic mass is 10.0. The number of pyridine rings is 1. The van der Waals surface area contributed by atoms with E-state index in [4.69, 9.17) is 9.47 Å². The molecule has 0 spiro atoms. The van der Waals surface area contributed by atoms with Crippen LogP contribution in [-0.2, 0) is 16.0 Å². The van der Waals surface area contributed by atoms with Crippen LogP contribution in [0.4, 0.5) is 5.82 Å². The Morgan fingerprint density at radius 2 is 2.19 bits per heavy atom. The number of rotatable bonds is 6. The van der Waals surface area contributed by atoms with E-state index < -0.39 is 0 Å². The number of nitrogens with one attached hydrogen (secondary N) is 2. The van der Waals surface area contributed by atoms with E-state index in [0.717, 1.165) is 12.2 Å². The van der Waals surface area contributed by atoms with Gasteiger partial charge < -0.3 is 20.1 Å². The van der Waals surface area contributed by atoms with E-state index in [1.165, 1.54) is 0 Å². The molecule has 2 N–H and O–H groups in total. The molecule has 0 aliphatic carbocycles. The van der Waals surface area contributed by atoms with Crippen molar-refractivity contribution in [3.63, 3.8) is 0 Å².